The summed E-state index contributed by atoms with van der Waals surface area (Å²) >= 11 is 1.56. The molecule has 24 heavy (non-hydrogen) atoms. The normalized spacial score (nSPS) is 12.4. The number of aromatic amines is 1. The zero-order chi connectivity index (χ0) is 16.5. The van der Waals surface area contributed by atoms with Crippen molar-refractivity contribution in [3.05, 3.63) is 54.5 Å². The molecule has 0 saturated heterocycles. The molecular weight excluding hydrogens is 322 g/mol. The van der Waals surface area contributed by atoms with Crippen LogP contribution >= 0.6 is 11.3 Å². The minimum atomic E-state index is -0.526. The Kier molecular flexibility index (Phi) is 3.72. The maximum atomic E-state index is 9.67. The summed E-state index contributed by atoms with van der Waals surface area (Å²) < 4.78 is 1.09. The Morgan fingerprint density at radius 2 is 2.12 bits per heavy atom. The van der Waals surface area contributed by atoms with Crippen molar-refractivity contribution in [1.29, 1.82) is 0 Å². The Bertz CT molecular complexity index is 978. The van der Waals surface area contributed by atoms with Crippen LogP contribution in [0.15, 0.2) is 48.9 Å². The third kappa shape index (κ3) is 2.86. The van der Waals surface area contributed by atoms with Crippen molar-refractivity contribution in [1.82, 2.24) is 20.2 Å². The van der Waals surface area contributed by atoms with E-state index >= 15 is 0 Å². The van der Waals surface area contributed by atoms with E-state index in [0.29, 0.717) is 5.82 Å². The fraction of sp³-hybridized carbons (Fsp3) is 0.118. The molecule has 0 amide bonds. The van der Waals surface area contributed by atoms with Crippen molar-refractivity contribution in [2.75, 3.05) is 5.32 Å². The second-order valence-corrected chi connectivity index (χ2v) is 6.49. The molecule has 1 unspecified atom stereocenters. The first-order valence-corrected chi connectivity index (χ1v) is 8.31. The van der Waals surface area contributed by atoms with Gasteiger partial charge in [-0.1, -0.05) is 17.4 Å². The summed E-state index contributed by atoms with van der Waals surface area (Å²) in [6, 6.07) is 9.75. The second kappa shape index (κ2) is 6.03. The number of aromatic nitrogens is 4. The van der Waals surface area contributed by atoms with Crippen LogP contribution in [-0.4, -0.2) is 25.3 Å². The lowest BCUT2D eigenvalue weighted by atomic mass is 10.1. The fourth-order valence-electron chi connectivity index (χ4n) is 2.45. The number of benzene rings is 1. The van der Waals surface area contributed by atoms with Gasteiger partial charge in [-0.15, -0.1) is 0 Å². The van der Waals surface area contributed by atoms with E-state index in [9.17, 15) is 5.11 Å². The number of anilines is 2. The number of thiazole rings is 1. The summed E-state index contributed by atoms with van der Waals surface area (Å²) in [6.07, 6.45) is 4.82. The van der Waals surface area contributed by atoms with E-state index in [4.69, 9.17) is 0 Å². The molecule has 0 radical (unpaired) electrons. The molecule has 3 aromatic heterocycles. The van der Waals surface area contributed by atoms with E-state index in [1.165, 1.54) is 0 Å². The number of aliphatic hydroxyl groups is 1. The van der Waals surface area contributed by atoms with Crippen molar-refractivity contribution in [3.63, 3.8) is 0 Å². The number of H-pyrrole nitrogens is 1. The van der Waals surface area contributed by atoms with Gasteiger partial charge in [0.2, 0.25) is 0 Å². The Hall–Kier alpha value is -2.77. The number of hydrogen-bond acceptors (Lipinski definition) is 6. The number of fused-ring (bicyclic) bond motifs is 1. The maximum absolute atomic E-state index is 9.67. The highest BCUT2D eigenvalue weighted by molar-refractivity contribution is 7.22. The first-order valence-electron chi connectivity index (χ1n) is 7.50. The lowest BCUT2D eigenvalue weighted by Gasteiger charge is -2.06. The smallest absolute Gasteiger partial charge is 0.189 e. The molecule has 6 nitrogen and oxygen atoms in total. The van der Waals surface area contributed by atoms with Crippen molar-refractivity contribution in [3.8, 4) is 11.1 Å². The Morgan fingerprint density at radius 1 is 1.21 bits per heavy atom. The van der Waals surface area contributed by atoms with Gasteiger partial charge in [-0.25, -0.2) is 9.97 Å². The van der Waals surface area contributed by atoms with Crippen molar-refractivity contribution in [2.45, 2.75) is 13.0 Å². The molecule has 0 aliphatic heterocycles. The zero-order valence-electron chi connectivity index (χ0n) is 12.9. The molecule has 0 saturated carbocycles. The van der Waals surface area contributed by atoms with Crippen LogP contribution in [0, 0.1) is 0 Å². The minimum absolute atomic E-state index is 0.526. The molecule has 1 atom stereocenters. The maximum Gasteiger partial charge on any atom is 0.189 e. The van der Waals surface area contributed by atoms with E-state index in [-0.39, 0.29) is 0 Å². The van der Waals surface area contributed by atoms with Crippen LogP contribution in [0.5, 0.6) is 0 Å². The van der Waals surface area contributed by atoms with Gasteiger partial charge in [-0.05, 0) is 42.3 Å². The number of aliphatic hydroxyl groups excluding tert-OH is 1. The fourth-order valence-corrected chi connectivity index (χ4v) is 3.36. The van der Waals surface area contributed by atoms with Gasteiger partial charge in [-0.3, -0.25) is 5.10 Å². The van der Waals surface area contributed by atoms with Gasteiger partial charge in [0, 0.05) is 18.0 Å². The topological polar surface area (TPSA) is 86.7 Å². The highest BCUT2D eigenvalue weighted by Gasteiger charge is 2.08. The van der Waals surface area contributed by atoms with E-state index in [2.05, 4.69) is 31.5 Å². The van der Waals surface area contributed by atoms with E-state index in [1.807, 2.05) is 24.4 Å². The number of nitrogens with one attached hydrogen (secondary N) is 2. The molecule has 3 heterocycles. The van der Waals surface area contributed by atoms with E-state index in [0.717, 1.165) is 32.0 Å². The van der Waals surface area contributed by atoms with E-state index in [1.54, 1.807) is 36.7 Å². The van der Waals surface area contributed by atoms with E-state index < -0.39 is 6.10 Å². The first kappa shape index (κ1) is 14.8. The molecule has 0 fully saturated rings. The van der Waals surface area contributed by atoms with Crippen LogP contribution in [0.4, 0.5) is 10.9 Å². The third-order valence-electron chi connectivity index (χ3n) is 3.72. The summed E-state index contributed by atoms with van der Waals surface area (Å²) in [6.45, 7) is 1.73. The summed E-state index contributed by atoms with van der Waals surface area (Å²) in [7, 11) is 0. The van der Waals surface area contributed by atoms with Crippen LogP contribution in [0.3, 0.4) is 0 Å². The van der Waals surface area contributed by atoms with Crippen molar-refractivity contribution < 1.29 is 5.11 Å². The zero-order valence-corrected chi connectivity index (χ0v) is 13.7. The Balaban J connectivity index is 1.64. The van der Waals surface area contributed by atoms with Gasteiger partial charge in [0.1, 0.15) is 5.82 Å². The molecular formula is C17H15N5OS. The van der Waals surface area contributed by atoms with Gasteiger partial charge < -0.3 is 10.4 Å². The average Bonchev–Trinajstić information content (AvgIpc) is 3.23. The molecule has 4 rings (SSSR count). The summed E-state index contributed by atoms with van der Waals surface area (Å²) in [5.41, 5.74) is 3.89. The number of rotatable bonds is 4. The molecule has 0 aliphatic rings. The summed E-state index contributed by atoms with van der Waals surface area (Å²) in [4.78, 5) is 8.86. The second-order valence-electron chi connectivity index (χ2n) is 5.46. The van der Waals surface area contributed by atoms with Crippen LogP contribution in [0.1, 0.15) is 18.6 Å². The van der Waals surface area contributed by atoms with Crippen molar-refractivity contribution in [2.24, 2.45) is 0 Å². The standard InChI is InChI=1S/C17H15N5OS/c1-10(23)11-4-5-18-16(7-11)22-17-21-14-3-2-12(6-15(14)24-17)13-8-19-20-9-13/h2-10,23H,1H3,(H,19,20)(H,18,21,22). The molecule has 120 valence electrons. The molecule has 3 N–H and O–H groups in total. The summed E-state index contributed by atoms with van der Waals surface area (Å²) in [5.74, 6) is 0.669. The molecule has 0 aliphatic carbocycles. The summed E-state index contributed by atoms with van der Waals surface area (Å²) in [5, 5.41) is 20.5. The number of pyridine rings is 1. The first-order chi connectivity index (χ1) is 11.7. The van der Waals surface area contributed by atoms with Gasteiger partial charge in [0.05, 0.1) is 22.5 Å². The Labute approximate surface area is 142 Å². The van der Waals surface area contributed by atoms with Crippen LogP contribution in [0.2, 0.25) is 0 Å². The van der Waals surface area contributed by atoms with Gasteiger partial charge in [0.25, 0.3) is 0 Å². The highest BCUT2D eigenvalue weighted by atomic mass is 32.1. The van der Waals surface area contributed by atoms with Crippen LogP contribution in [0.25, 0.3) is 21.3 Å². The quantitative estimate of drug-likeness (QED) is 0.526. The van der Waals surface area contributed by atoms with Crippen molar-refractivity contribution >= 4 is 32.5 Å². The molecule has 0 spiro atoms. The molecule has 1 aromatic carbocycles. The van der Waals surface area contributed by atoms with Crippen LogP contribution in [-0.2, 0) is 0 Å². The Morgan fingerprint density at radius 3 is 2.92 bits per heavy atom. The predicted molar refractivity (Wildman–Crippen MR) is 95.4 cm³/mol. The monoisotopic (exact) mass is 337 g/mol. The van der Waals surface area contributed by atoms with Gasteiger partial charge in [0.15, 0.2) is 5.13 Å². The lowest BCUT2D eigenvalue weighted by molar-refractivity contribution is 0.199. The molecule has 7 heteroatoms. The largest absolute Gasteiger partial charge is 0.389 e. The number of nitrogens with zero attached hydrogens (tertiary/aromatic N) is 3. The lowest BCUT2D eigenvalue weighted by Crippen LogP contribution is -1.96. The third-order valence-corrected chi connectivity index (χ3v) is 4.65. The average molecular weight is 337 g/mol. The highest BCUT2D eigenvalue weighted by Crippen LogP contribution is 2.31. The molecule has 0 bridgehead atoms. The van der Waals surface area contributed by atoms with Gasteiger partial charge >= 0.3 is 0 Å². The van der Waals surface area contributed by atoms with Crippen LogP contribution < -0.4 is 5.32 Å². The SMILES string of the molecule is CC(O)c1ccnc(Nc2nc3ccc(-c4cn[nH]c4)cc3s2)c1. The molecule has 4 aromatic rings. The predicted octanol–water partition coefficient (Wildman–Crippen LogP) is 3.88. The number of hydrogen-bond donors (Lipinski definition) is 3. The van der Waals surface area contributed by atoms with Gasteiger partial charge in [-0.2, -0.15) is 5.10 Å². The minimum Gasteiger partial charge on any atom is -0.389 e.